The topological polar surface area (TPSA) is 69.7 Å². The van der Waals surface area contributed by atoms with Gasteiger partial charge in [-0.15, -0.1) is 0 Å². The Morgan fingerprint density at radius 2 is 1.82 bits per heavy atom. The van der Waals surface area contributed by atoms with Crippen molar-refractivity contribution in [2.45, 2.75) is 61.4 Å². The summed E-state index contributed by atoms with van der Waals surface area (Å²) in [5.74, 6) is -0.726. The highest BCUT2D eigenvalue weighted by Crippen LogP contribution is 2.33. The number of piperidine rings is 1. The lowest BCUT2D eigenvalue weighted by Gasteiger charge is -2.38. The van der Waals surface area contributed by atoms with Crippen molar-refractivity contribution in [3.63, 3.8) is 0 Å². The molecule has 1 heterocycles. The fraction of sp³-hybridized carbons (Fsp3) is 0.650. The minimum atomic E-state index is -3.85. The Morgan fingerprint density at radius 3 is 2.43 bits per heavy atom. The minimum Gasteiger partial charge on any atom is -0.353 e. The van der Waals surface area contributed by atoms with Crippen molar-refractivity contribution in [1.29, 1.82) is 0 Å². The van der Waals surface area contributed by atoms with Crippen LogP contribution in [0, 0.1) is 5.82 Å². The number of halogens is 1. The summed E-state index contributed by atoms with van der Waals surface area (Å²) < 4.78 is 40.6. The molecule has 1 atom stereocenters. The van der Waals surface area contributed by atoms with Crippen LogP contribution in [0.2, 0.25) is 0 Å². The molecule has 156 valence electrons. The van der Waals surface area contributed by atoms with Gasteiger partial charge in [0.1, 0.15) is 11.9 Å². The predicted molar refractivity (Wildman–Crippen MR) is 106 cm³/mol. The van der Waals surface area contributed by atoms with Gasteiger partial charge >= 0.3 is 0 Å². The van der Waals surface area contributed by atoms with Gasteiger partial charge in [0.25, 0.3) is 0 Å². The van der Waals surface area contributed by atoms with Crippen molar-refractivity contribution in [1.82, 2.24) is 14.5 Å². The molecule has 1 unspecified atom stereocenters. The molecule has 0 bridgehead atoms. The maximum absolute atomic E-state index is 13.2. The van der Waals surface area contributed by atoms with Gasteiger partial charge < -0.3 is 10.2 Å². The maximum Gasteiger partial charge on any atom is 0.243 e. The second kappa shape index (κ2) is 8.47. The number of likely N-dealkylation sites (N-methyl/N-ethyl adjacent to an activating group) is 1. The monoisotopic (exact) mass is 411 g/mol. The van der Waals surface area contributed by atoms with Crippen molar-refractivity contribution >= 4 is 15.9 Å². The van der Waals surface area contributed by atoms with Crippen molar-refractivity contribution in [2.24, 2.45) is 0 Å². The van der Waals surface area contributed by atoms with Gasteiger partial charge in [-0.1, -0.05) is 19.3 Å². The van der Waals surface area contributed by atoms with Crippen molar-refractivity contribution in [2.75, 3.05) is 27.2 Å². The molecule has 8 heteroatoms. The maximum atomic E-state index is 13.2. The highest BCUT2D eigenvalue weighted by atomic mass is 32.2. The molecule has 1 aliphatic carbocycles. The Kier molecular flexibility index (Phi) is 6.41. The van der Waals surface area contributed by atoms with Crippen molar-refractivity contribution in [3.05, 3.63) is 30.1 Å². The summed E-state index contributed by atoms with van der Waals surface area (Å²) in [6.45, 7) is 0.830. The van der Waals surface area contributed by atoms with Gasteiger partial charge in [0.2, 0.25) is 15.9 Å². The van der Waals surface area contributed by atoms with Crippen molar-refractivity contribution in [3.8, 4) is 0 Å². The first-order chi connectivity index (χ1) is 13.3. The SMILES string of the molecule is CN(C)C1(CNC(=O)C2CCCCN2S(=O)(=O)c2ccc(F)cc2)CCCC1. The lowest BCUT2D eigenvalue weighted by molar-refractivity contribution is -0.126. The Balaban J connectivity index is 1.75. The third-order valence-electron chi connectivity index (χ3n) is 6.25. The molecule has 1 saturated heterocycles. The molecule has 1 aromatic rings. The van der Waals surface area contributed by atoms with Crippen LogP contribution in [0.4, 0.5) is 4.39 Å². The zero-order valence-electron chi connectivity index (χ0n) is 16.7. The van der Waals surface area contributed by atoms with Crippen LogP contribution in [0.25, 0.3) is 0 Å². The second-order valence-electron chi connectivity index (χ2n) is 8.12. The lowest BCUT2D eigenvalue weighted by Crippen LogP contribution is -2.56. The van der Waals surface area contributed by atoms with E-state index in [0.717, 1.165) is 44.2 Å². The summed E-state index contributed by atoms with van der Waals surface area (Å²) in [5.41, 5.74) is -0.0506. The van der Waals surface area contributed by atoms with E-state index in [2.05, 4.69) is 10.2 Å². The summed E-state index contributed by atoms with van der Waals surface area (Å²) in [4.78, 5) is 15.2. The molecule has 28 heavy (non-hydrogen) atoms. The number of carbonyl (C=O) groups excluding carboxylic acids is 1. The smallest absolute Gasteiger partial charge is 0.243 e. The number of amides is 1. The first kappa shape index (κ1) is 21.2. The first-order valence-electron chi connectivity index (χ1n) is 9.99. The zero-order chi connectivity index (χ0) is 20.4. The average Bonchev–Trinajstić information content (AvgIpc) is 3.17. The number of sulfonamides is 1. The van der Waals surface area contributed by atoms with Crippen LogP contribution in [0.15, 0.2) is 29.2 Å². The summed E-state index contributed by atoms with van der Waals surface area (Å²) in [7, 11) is 0.216. The molecule has 2 aliphatic rings. The fourth-order valence-electron chi connectivity index (χ4n) is 4.38. The van der Waals surface area contributed by atoms with Gasteiger partial charge in [-0.3, -0.25) is 4.79 Å². The van der Waals surface area contributed by atoms with Crippen molar-refractivity contribution < 1.29 is 17.6 Å². The number of nitrogens with one attached hydrogen (secondary N) is 1. The van der Waals surface area contributed by atoms with Crippen LogP contribution in [0.3, 0.4) is 0 Å². The van der Waals surface area contributed by atoms with Gasteiger partial charge in [-0.25, -0.2) is 12.8 Å². The van der Waals surface area contributed by atoms with Crippen LogP contribution < -0.4 is 5.32 Å². The Labute approximate surface area is 167 Å². The van der Waals surface area contributed by atoms with Crippen LogP contribution in [-0.2, 0) is 14.8 Å². The Hall–Kier alpha value is -1.51. The van der Waals surface area contributed by atoms with Gasteiger partial charge in [0.05, 0.1) is 4.90 Å². The van der Waals surface area contributed by atoms with Gasteiger partial charge in [-0.2, -0.15) is 4.31 Å². The van der Waals surface area contributed by atoms with E-state index in [1.54, 1.807) is 0 Å². The highest BCUT2D eigenvalue weighted by molar-refractivity contribution is 7.89. The molecule has 1 aliphatic heterocycles. The first-order valence-corrected chi connectivity index (χ1v) is 11.4. The van der Waals surface area contributed by atoms with E-state index in [9.17, 15) is 17.6 Å². The minimum absolute atomic E-state index is 0.0224. The highest BCUT2D eigenvalue weighted by Gasteiger charge is 2.40. The molecule has 0 spiro atoms. The number of carbonyl (C=O) groups is 1. The summed E-state index contributed by atoms with van der Waals surface area (Å²) in [6, 6.07) is 4.06. The van der Waals surface area contributed by atoms with E-state index in [0.29, 0.717) is 25.9 Å². The molecule has 0 radical (unpaired) electrons. The van der Waals surface area contributed by atoms with E-state index in [1.807, 2.05) is 14.1 Å². The van der Waals surface area contributed by atoms with Crippen LogP contribution in [0.1, 0.15) is 44.9 Å². The second-order valence-corrected chi connectivity index (χ2v) is 10.0. The normalized spacial score (nSPS) is 23.1. The summed E-state index contributed by atoms with van der Waals surface area (Å²) >= 11 is 0. The molecule has 6 nitrogen and oxygen atoms in total. The Bertz CT molecular complexity index is 789. The van der Waals surface area contributed by atoms with E-state index >= 15 is 0 Å². The largest absolute Gasteiger partial charge is 0.353 e. The fourth-order valence-corrected chi connectivity index (χ4v) is 6.04. The molecule has 1 aromatic carbocycles. The van der Waals surface area contributed by atoms with E-state index < -0.39 is 21.9 Å². The molecule has 1 amide bonds. The van der Waals surface area contributed by atoms with E-state index in [1.165, 1.54) is 16.4 Å². The zero-order valence-corrected chi connectivity index (χ0v) is 17.5. The van der Waals surface area contributed by atoms with E-state index in [-0.39, 0.29) is 16.3 Å². The van der Waals surface area contributed by atoms with E-state index in [4.69, 9.17) is 0 Å². The van der Waals surface area contributed by atoms with Gasteiger partial charge in [-0.05, 0) is 64.0 Å². The molecule has 1 saturated carbocycles. The van der Waals surface area contributed by atoms with Crippen LogP contribution >= 0.6 is 0 Å². The summed E-state index contributed by atoms with van der Waals surface area (Å²) in [5, 5.41) is 3.03. The number of nitrogens with zero attached hydrogens (tertiary/aromatic N) is 2. The summed E-state index contributed by atoms with van der Waals surface area (Å²) in [6.07, 6.45) is 6.37. The van der Waals surface area contributed by atoms with Crippen LogP contribution in [0.5, 0.6) is 0 Å². The third-order valence-corrected chi connectivity index (χ3v) is 8.17. The van der Waals surface area contributed by atoms with Gasteiger partial charge in [0, 0.05) is 18.6 Å². The number of rotatable bonds is 6. The van der Waals surface area contributed by atoms with Gasteiger partial charge in [0.15, 0.2) is 0 Å². The molecule has 2 fully saturated rings. The molecule has 1 N–H and O–H groups in total. The predicted octanol–water partition coefficient (Wildman–Crippen LogP) is 2.36. The molecule has 0 aromatic heterocycles. The lowest BCUT2D eigenvalue weighted by atomic mass is 9.95. The standard InChI is InChI=1S/C20H30FN3O3S/c1-23(2)20(12-4-5-13-20)15-22-19(25)18-7-3-6-14-24(18)28(26,27)17-10-8-16(21)9-11-17/h8-11,18H,3-7,12-15H2,1-2H3,(H,22,25). The Morgan fingerprint density at radius 1 is 1.18 bits per heavy atom. The number of hydrogen-bond acceptors (Lipinski definition) is 4. The quantitative estimate of drug-likeness (QED) is 0.780. The molecular formula is C20H30FN3O3S. The number of benzene rings is 1. The number of hydrogen-bond donors (Lipinski definition) is 1. The van der Waals surface area contributed by atoms with Crippen LogP contribution in [-0.4, -0.2) is 62.3 Å². The third kappa shape index (κ3) is 4.23. The molecule has 3 rings (SSSR count). The molecular weight excluding hydrogens is 381 g/mol. The average molecular weight is 412 g/mol.